The van der Waals surface area contributed by atoms with Gasteiger partial charge >= 0.3 is 0 Å². The first-order valence-electron chi connectivity index (χ1n) is 9.21. The predicted octanol–water partition coefficient (Wildman–Crippen LogP) is 2.49. The average Bonchev–Trinajstić information content (AvgIpc) is 3.11. The van der Waals surface area contributed by atoms with Crippen LogP contribution in [-0.2, 0) is 4.79 Å². The lowest BCUT2D eigenvalue weighted by atomic mass is 10.2. The van der Waals surface area contributed by atoms with Crippen LogP contribution < -0.4 is 26.1 Å². The molecule has 0 saturated heterocycles. The van der Waals surface area contributed by atoms with Gasteiger partial charge in [0.2, 0.25) is 11.1 Å². The zero-order valence-electron chi connectivity index (χ0n) is 17.3. The number of carbonyl (C=O) groups is 1. The van der Waals surface area contributed by atoms with Crippen molar-refractivity contribution >= 4 is 35.5 Å². The highest BCUT2D eigenvalue weighted by molar-refractivity contribution is 7.99. The number of carbonyl (C=O) groups excluding carboxylic acids is 1. The third-order valence-electron chi connectivity index (χ3n) is 4.08. The fraction of sp³-hybridized carbons (Fsp3) is 0.200. The Kier molecular flexibility index (Phi) is 7.33. The van der Waals surface area contributed by atoms with Crippen molar-refractivity contribution < 1.29 is 14.3 Å². The van der Waals surface area contributed by atoms with E-state index in [4.69, 9.17) is 15.3 Å². The van der Waals surface area contributed by atoms with E-state index in [1.54, 1.807) is 32.6 Å². The minimum absolute atomic E-state index is 0.137. The van der Waals surface area contributed by atoms with Gasteiger partial charge in [0, 0.05) is 5.69 Å². The van der Waals surface area contributed by atoms with Crippen LogP contribution in [0.3, 0.4) is 0 Å². The smallest absolute Gasteiger partial charge is 0.264 e. The minimum atomic E-state index is -0.167. The molecule has 0 fully saturated rings. The number of amides is 1. The maximum atomic E-state index is 12.2. The second-order valence-electron chi connectivity index (χ2n) is 6.37. The van der Waals surface area contributed by atoms with E-state index >= 15 is 0 Å². The van der Waals surface area contributed by atoms with E-state index < -0.39 is 0 Å². The standard InChI is InChI=1S/C20H23N7O3S/c1-13-5-4-6-15(9-13)23-18(28)12-31-20-26-25-19(27(20)21)24-22-11-14-7-8-16(29-2)17(10-14)30-3/h4-11H,12,21H2,1-3H3,(H,23,28)(H,24,25)/b22-11+. The predicted molar refractivity (Wildman–Crippen MR) is 121 cm³/mol. The third-order valence-corrected chi connectivity index (χ3v) is 5.03. The van der Waals surface area contributed by atoms with E-state index in [0.717, 1.165) is 16.8 Å². The molecular weight excluding hydrogens is 418 g/mol. The summed E-state index contributed by atoms with van der Waals surface area (Å²) in [5, 5.41) is 15.3. The summed E-state index contributed by atoms with van der Waals surface area (Å²) in [6, 6.07) is 13.0. The van der Waals surface area contributed by atoms with Crippen LogP contribution in [0.4, 0.5) is 11.6 Å². The van der Waals surface area contributed by atoms with Gasteiger partial charge in [-0.15, -0.1) is 10.2 Å². The largest absolute Gasteiger partial charge is 0.493 e. The van der Waals surface area contributed by atoms with Crippen molar-refractivity contribution in [2.45, 2.75) is 12.1 Å². The topological polar surface area (TPSA) is 129 Å². The van der Waals surface area contributed by atoms with Crippen molar-refractivity contribution in [1.29, 1.82) is 0 Å². The Balaban J connectivity index is 1.55. The Labute approximate surface area is 183 Å². The van der Waals surface area contributed by atoms with Crippen molar-refractivity contribution in [3.63, 3.8) is 0 Å². The van der Waals surface area contributed by atoms with Crippen LogP contribution >= 0.6 is 11.8 Å². The molecule has 0 bridgehead atoms. The number of rotatable bonds is 9. The van der Waals surface area contributed by atoms with E-state index in [-0.39, 0.29) is 17.6 Å². The van der Waals surface area contributed by atoms with Crippen LogP contribution in [0.1, 0.15) is 11.1 Å². The highest BCUT2D eigenvalue weighted by atomic mass is 32.2. The number of nitrogens with one attached hydrogen (secondary N) is 2. The second-order valence-corrected chi connectivity index (χ2v) is 7.31. The number of nitrogen functional groups attached to an aromatic ring is 1. The number of hydrogen-bond acceptors (Lipinski definition) is 9. The zero-order valence-corrected chi connectivity index (χ0v) is 18.1. The number of methoxy groups -OCH3 is 2. The summed E-state index contributed by atoms with van der Waals surface area (Å²) >= 11 is 1.17. The van der Waals surface area contributed by atoms with Gasteiger partial charge in [-0.05, 0) is 48.4 Å². The number of aryl methyl sites for hydroxylation is 1. The van der Waals surface area contributed by atoms with Gasteiger partial charge in [-0.1, -0.05) is 23.9 Å². The van der Waals surface area contributed by atoms with Crippen LogP contribution in [0.2, 0.25) is 0 Å². The monoisotopic (exact) mass is 441 g/mol. The summed E-state index contributed by atoms with van der Waals surface area (Å²) in [6.07, 6.45) is 1.58. The van der Waals surface area contributed by atoms with Gasteiger partial charge in [-0.3, -0.25) is 4.79 Å². The normalized spacial score (nSPS) is 10.8. The minimum Gasteiger partial charge on any atom is -0.493 e. The van der Waals surface area contributed by atoms with Gasteiger partial charge in [-0.25, -0.2) is 10.1 Å². The molecule has 0 spiro atoms. The first kappa shape index (κ1) is 22.0. The molecule has 11 heteroatoms. The molecule has 0 aliphatic rings. The number of ether oxygens (including phenoxy) is 2. The van der Waals surface area contributed by atoms with Crippen LogP contribution in [0.25, 0.3) is 0 Å². The summed E-state index contributed by atoms with van der Waals surface area (Å²) in [7, 11) is 3.14. The molecular formula is C20H23N7O3S. The fourth-order valence-corrected chi connectivity index (χ4v) is 3.26. The van der Waals surface area contributed by atoms with Crippen molar-refractivity contribution in [3.8, 4) is 11.5 Å². The van der Waals surface area contributed by atoms with E-state index in [1.165, 1.54) is 16.4 Å². The molecule has 3 aromatic rings. The Morgan fingerprint density at radius 3 is 2.74 bits per heavy atom. The van der Waals surface area contributed by atoms with Crippen LogP contribution in [-0.4, -0.2) is 47.0 Å². The summed E-state index contributed by atoms with van der Waals surface area (Å²) in [6.45, 7) is 1.96. The highest BCUT2D eigenvalue weighted by Gasteiger charge is 2.12. The molecule has 0 aliphatic heterocycles. The van der Waals surface area contributed by atoms with Gasteiger partial charge in [0.15, 0.2) is 11.5 Å². The van der Waals surface area contributed by atoms with Crippen LogP contribution in [0, 0.1) is 6.92 Å². The van der Waals surface area contributed by atoms with Gasteiger partial charge in [0.25, 0.3) is 5.95 Å². The van der Waals surface area contributed by atoms with Crippen LogP contribution in [0.15, 0.2) is 52.7 Å². The van der Waals surface area contributed by atoms with Gasteiger partial charge in [0.05, 0.1) is 26.2 Å². The number of nitrogens with zero attached hydrogens (tertiary/aromatic N) is 4. The number of hydrazone groups is 1. The van der Waals surface area contributed by atoms with Crippen LogP contribution in [0.5, 0.6) is 11.5 Å². The number of hydrogen-bond donors (Lipinski definition) is 3. The molecule has 0 aliphatic carbocycles. The lowest BCUT2D eigenvalue weighted by molar-refractivity contribution is -0.113. The molecule has 0 unspecified atom stereocenters. The molecule has 4 N–H and O–H groups in total. The van der Waals surface area contributed by atoms with Crippen molar-refractivity contribution in [1.82, 2.24) is 14.9 Å². The second kappa shape index (κ2) is 10.3. The molecule has 0 saturated carbocycles. The molecule has 1 amide bonds. The third kappa shape index (κ3) is 5.89. The molecule has 2 aromatic carbocycles. The number of thioether (sulfide) groups is 1. The quantitative estimate of drug-likeness (QED) is 0.200. The molecule has 0 radical (unpaired) electrons. The molecule has 3 rings (SSSR count). The average molecular weight is 442 g/mol. The SMILES string of the molecule is COc1ccc(/C=N/Nc2nnc(SCC(=O)Nc3cccc(C)c3)n2N)cc1OC. The number of benzene rings is 2. The first-order chi connectivity index (χ1) is 15.0. The van der Waals surface area contributed by atoms with E-state index in [1.807, 2.05) is 37.3 Å². The molecule has 1 aromatic heterocycles. The first-order valence-corrected chi connectivity index (χ1v) is 10.2. The Morgan fingerprint density at radius 2 is 2.00 bits per heavy atom. The summed E-state index contributed by atoms with van der Waals surface area (Å²) in [5.41, 5.74) is 5.33. The molecule has 10 nitrogen and oxygen atoms in total. The molecule has 0 atom stereocenters. The van der Waals surface area contributed by atoms with Crippen molar-refractivity contribution in [2.75, 3.05) is 36.6 Å². The zero-order chi connectivity index (χ0) is 22.2. The lowest BCUT2D eigenvalue weighted by Gasteiger charge is -2.07. The maximum Gasteiger partial charge on any atom is 0.264 e. The lowest BCUT2D eigenvalue weighted by Crippen LogP contribution is -2.16. The highest BCUT2D eigenvalue weighted by Crippen LogP contribution is 2.27. The Morgan fingerprint density at radius 1 is 1.19 bits per heavy atom. The molecule has 1 heterocycles. The fourth-order valence-electron chi connectivity index (χ4n) is 2.60. The molecule has 162 valence electrons. The van der Waals surface area contributed by atoms with Gasteiger partial charge < -0.3 is 20.6 Å². The molecule has 31 heavy (non-hydrogen) atoms. The van der Waals surface area contributed by atoms with Gasteiger partial charge in [0.1, 0.15) is 0 Å². The van der Waals surface area contributed by atoms with Crippen molar-refractivity contribution in [3.05, 3.63) is 53.6 Å². The van der Waals surface area contributed by atoms with Crippen molar-refractivity contribution in [2.24, 2.45) is 5.10 Å². The summed E-state index contributed by atoms with van der Waals surface area (Å²) in [4.78, 5) is 12.2. The summed E-state index contributed by atoms with van der Waals surface area (Å²) < 4.78 is 11.7. The summed E-state index contributed by atoms with van der Waals surface area (Å²) in [5.74, 6) is 7.42. The Hall–Kier alpha value is -3.73. The number of aromatic nitrogens is 3. The van der Waals surface area contributed by atoms with E-state index in [0.29, 0.717) is 16.7 Å². The van der Waals surface area contributed by atoms with Gasteiger partial charge in [-0.2, -0.15) is 5.10 Å². The number of nitrogens with two attached hydrogens (primary N) is 1. The maximum absolute atomic E-state index is 12.2. The van der Waals surface area contributed by atoms with E-state index in [2.05, 4.69) is 26.0 Å². The number of anilines is 2. The Bertz CT molecular complexity index is 1080. The van der Waals surface area contributed by atoms with E-state index in [9.17, 15) is 4.79 Å².